The molecule has 0 unspecified atom stereocenters. The van der Waals surface area contributed by atoms with Crippen LogP contribution in [-0.4, -0.2) is 28.5 Å². The molecule has 0 amide bonds. The van der Waals surface area contributed by atoms with Crippen LogP contribution in [-0.2, 0) is 0 Å². The fraction of sp³-hybridized carbons (Fsp3) is 0.385. The van der Waals surface area contributed by atoms with Gasteiger partial charge in [-0.3, -0.25) is 0 Å². The van der Waals surface area contributed by atoms with E-state index in [0.29, 0.717) is 12.2 Å². The van der Waals surface area contributed by atoms with Crippen molar-refractivity contribution in [3.05, 3.63) is 76.9 Å². The third-order valence-corrected chi connectivity index (χ3v) is 5.64. The molecule has 0 aliphatic rings. The van der Waals surface area contributed by atoms with Crippen LogP contribution in [0.2, 0.25) is 0 Å². The van der Waals surface area contributed by atoms with E-state index >= 15 is 0 Å². The van der Waals surface area contributed by atoms with Gasteiger partial charge in [0.05, 0.1) is 19.3 Å². The normalized spacial score (nSPS) is 14.8. The van der Waals surface area contributed by atoms with Gasteiger partial charge in [0, 0.05) is 5.92 Å². The lowest BCUT2D eigenvalue weighted by Gasteiger charge is -2.25. The minimum absolute atomic E-state index is 0.335. The highest BCUT2D eigenvalue weighted by atomic mass is 16.5. The number of phenols is 1. The monoisotopic (exact) mass is 410 g/mol. The molecule has 2 rings (SSSR count). The van der Waals surface area contributed by atoms with E-state index in [0.717, 1.165) is 40.8 Å². The third-order valence-electron chi connectivity index (χ3n) is 5.64. The van der Waals surface area contributed by atoms with E-state index in [1.807, 2.05) is 26.0 Å². The summed E-state index contributed by atoms with van der Waals surface area (Å²) < 4.78 is 5.16. The standard InChI is InChI=1S/C26H34O4/c1-6-19(16-20-14-17(3)25(28)18(4)15-20)8-13-24(27)23(7-2)26(29)21-9-11-22(30-5)12-10-21/h7,9-12,14-16,23-24,26-29H,2,6,8,13H2,1,3-5H3/b19-16+/t23-,24-,26-/m1/s1. The molecule has 0 spiro atoms. The SMILES string of the molecule is C=C[C@H]([C@H](O)CC/C(=C/c1cc(C)c(O)c(C)c1)CC)[C@H](O)c1ccc(OC)cc1. The Balaban J connectivity index is 2.08. The number of phenolic OH excluding ortho intramolecular Hbond substituents is 1. The average Bonchev–Trinajstić information content (AvgIpc) is 2.75. The number of aryl methyl sites for hydroxylation is 2. The lowest BCUT2D eigenvalue weighted by molar-refractivity contribution is 0.0318. The van der Waals surface area contributed by atoms with E-state index in [4.69, 9.17) is 4.74 Å². The van der Waals surface area contributed by atoms with Gasteiger partial charge in [0.15, 0.2) is 0 Å². The predicted octanol–water partition coefficient (Wildman–Crippen LogP) is 5.49. The van der Waals surface area contributed by atoms with Crippen LogP contribution in [0.4, 0.5) is 0 Å². The zero-order chi connectivity index (χ0) is 22.3. The summed E-state index contributed by atoms with van der Waals surface area (Å²) >= 11 is 0. The van der Waals surface area contributed by atoms with E-state index < -0.39 is 18.1 Å². The number of allylic oxidation sites excluding steroid dienone is 1. The van der Waals surface area contributed by atoms with E-state index in [2.05, 4.69) is 19.6 Å². The van der Waals surface area contributed by atoms with Crippen LogP contribution in [0.5, 0.6) is 11.5 Å². The van der Waals surface area contributed by atoms with Crippen molar-refractivity contribution in [1.82, 2.24) is 0 Å². The zero-order valence-corrected chi connectivity index (χ0v) is 18.4. The van der Waals surface area contributed by atoms with Crippen molar-refractivity contribution in [2.24, 2.45) is 5.92 Å². The number of hydrogen-bond donors (Lipinski definition) is 3. The molecule has 0 aliphatic carbocycles. The summed E-state index contributed by atoms with van der Waals surface area (Å²) in [7, 11) is 1.60. The second-order valence-electron chi connectivity index (χ2n) is 7.80. The average molecular weight is 411 g/mol. The highest BCUT2D eigenvalue weighted by molar-refractivity contribution is 5.58. The largest absolute Gasteiger partial charge is 0.507 e. The molecule has 0 radical (unpaired) electrons. The molecular weight excluding hydrogens is 376 g/mol. The van der Waals surface area contributed by atoms with Gasteiger partial charge < -0.3 is 20.1 Å². The molecule has 0 saturated carbocycles. The summed E-state index contributed by atoms with van der Waals surface area (Å²) in [5.74, 6) is 0.593. The Labute approximate surface area is 180 Å². The molecule has 0 bridgehead atoms. The highest BCUT2D eigenvalue weighted by Gasteiger charge is 2.25. The van der Waals surface area contributed by atoms with Crippen molar-refractivity contribution in [3.63, 3.8) is 0 Å². The highest BCUT2D eigenvalue weighted by Crippen LogP contribution is 2.30. The maximum Gasteiger partial charge on any atom is 0.121 e. The smallest absolute Gasteiger partial charge is 0.121 e. The van der Waals surface area contributed by atoms with Crippen molar-refractivity contribution in [2.75, 3.05) is 7.11 Å². The van der Waals surface area contributed by atoms with Gasteiger partial charge in [-0.25, -0.2) is 0 Å². The van der Waals surface area contributed by atoms with Gasteiger partial charge in [-0.2, -0.15) is 0 Å². The molecule has 0 aliphatic heterocycles. The Kier molecular flexibility index (Phi) is 8.70. The topological polar surface area (TPSA) is 69.9 Å². The minimum Gasteiger partial charge on any atom is -0.507 e. The number of benzene rings is 2. The molecule has 0 aromatic heterocycles. The summed E-state index contributed by atoms with van der Waals surface area (Å²) in [4.78, 5) is 0. The molecule has 162 valence electrons. The van der Waals surface area contributed by atoms with Crippen LogP contribution < -0.4 is 4.74 Å². The van der Waals surface area contributed by atoms with E-state index in [9.17, 15) is 15.3 Å². The van der Waals surface area contributed by atoms with Crippen LogP contribution in [0.3, 0.4) is 0 Å². The molecular formula is C26H34O4. The lowest BCUT2D eigenvalue weighted by atomic mass is 9.87. The first-order valence-electron chi connectivity index (χ1n) is 10.4. The fourth-order valence-electron chi connectivity index (χ4n) is 3.70. The predicted molar refractivity (Wildman–Crippen MR) is 123 cm³/mol. The molecule has 3 N–H and O–H groups in total. The summed E-state index contributed by atoms with van der Waals surface area (Å²) in [6.07, 6.45) is 4.32. The van der Waals surface area contributed by atoms with Gasteiger partial charge in [0.1, 0.15) is 11.5 Å². The summed E-state index contributed by atoms with van der Waals surface area (Å²) in [5, 5.41) is 31.5. The Morgan fingerprint density at radius 1 is 1.10 bits per heavy atom. The second kappa shape index (κ2) is 11.0. The van der Waals surface area contributed by atoms with Gasteiger partial charge in [-0.15, -0.1) is 6.58 Å². The minimum atomic E-state index is -0.833. The molecule has 4 nitrogen and oxygen atoms in total. The van der Waals surface area contributed by atoms with E-state index in [1.165, 1.54) is 5.57 Å². The quantitative estimate of drug-likeness (QED) is 0.453. The molecule has 4 heteroatoms. The number of rotatable bonds is 10. The molecule has 2 aromatic rings. The molecule has 3 atom stereocenters. The number of aromatic hydroxyl groups is 1. The number of aliphatic hydroxyl groups is 2. The first-order chi connectivity index (χ1) is 14.3. The van der Waals surface area contributed by atoms with Crippen LogP contribution in [0.1, 0.15) is 54.5 Å². The number of methoxy groups -OCH3 is 1. The van der Waals surface area contributed by atoms with Crippen LogP contribution in [0, 0.1) is 19.8 Å². The first kappa shape index (κ1) is 23.7. The Morgan fingerprint density at radius 2 is 1.70 bits per heavy atom. The first-order valence-corrected chi connectivity index (χ1v) is 10.4. The Morgan fingerprint density at radius 3 is 2.20 bits per heavy atom. The van der Waals surface area contributed by atoms with Crippen molar-refractivity contribution >= 4 is 6.08 Å². The van der Waals surface area contributed by atoms with Gasteiger partial charge in [0.2, 0.25) is 0 Å². The number of hydrogen-bond acceptors (Lipinski definition) is 4. The molecule has 2 aromatic carbocycles. The van der Waals surface area contributed by atoms with E-state index in [1.54, 1.807) is 37.5 Å². The second-order valence-corrected chi connectivity index (χ2v) is 7.80. The number of aliphatic hydroxyl groups excluding tert-OH is 2. The Hall–Kier alpha value is -2.56. The summed E-state index contributed by atoms with van der Waals surface area (Å²) in [6.45, 7) is 9.70. The zero-order valence-electron chi connectivity index (χ0n) is 18.4. The van der Waals surface area contributed by atoms with Gasteiger partial charge >= 0.3 is 0 Å². The third kappa shape index (κ3) is 5.97. The van der Waals surface area contributed by atoms with Crippen molar-refractivity contribution < 1.29 is 20.1 Å². The van der Waals surface area contributed by atoms with Crippen LogP contribution in [0.25, 0.3) is 6.08 Å². The van der Waals surface area contributed by atoms with Crippen molar-refractivity contribution in [1.29, 1.82) is 0 Å². The molecule has 0 fully saturated rings. The van der Waals surface area contributed by atoms with Crippen LogP contribution >= 0.6 is 0 Å². The summed E-state index contributed by atoms with van der Waals surface area (Å²) in [5.41, 5.74) is 4.69. The maximum atomic E-state index is 10.8. The van der Waals surface area contributed by atoms with Crippen molar-refractivity contribution in [2.45, 2.75) is 52.2 Å². The molecule has 0 saturated heterocycles. The van der Waals surface area contributed by atoms with Crippen molar-refractivity contribution in [3.8, 4) is 11.5 Å². The van der Waals surface area contributed by atoms with Crippen LogP contribution in [0.15, 0.2) is 54.6 Å². The lowest BCUT2D eigenvalue weighted by Crippen LogP contribution is -2.25. The van der Waals surface area contributed by atoms with Gasteiger partial charge in [0.25, 0.3) is 0 Å². The molecule has 30 heavy (non-hydrogen) atoms. The molecule has 0 heterocycles. The van der Waals surface area contributed by atoms with Gasteiger partial charge in [-0.1, -0.05) is 36.8 Å². The van der Waals surface area contributed by atoms with Gasteiger partial charge in [-0.05, 0) is 79.6 Å². The summed E-state index contributed by atoms with van der Waals surface area (Å²) in [6, 6.07) is 11.1. The van der Waals surface area contributed by atoms with E-state index in [-0.39, 0.29) is 0 Å². The maximum absolute atomic E-state index is 10.8. The fourth-order valence-corrected chi connectivity index (χ4v) is 3.70. The number of ether oxygens (including phenoxy) is 1. The Bertz CT molecular complexity index is 844.